The zero-order valence-electron chi connectivity index (χ0n) is 15.1. The number of ether oxygens (including phenoxy) is 1. The molecule has 5 heteroatoms. The van der Waals surface area contributed by atoms with Crippen LogP contribution in [0.5, 0.6) is 5.75 Å². The van der Waals surface area contributed by atoms with Crippen molar-refractivity contribution >= 4 is 28.9 Å². The van der Waals surface area contributed by atoms with Gasteiger partial charge in [0.25, 0.3) is 0 Å². The van der Waals surface area contributed by atoms with Gasteiger partial charge in [0.05, 0.1) is 13.5 Å². The number of hydrogen-bond donors (Lipinski definition) is 1. The average molecular weight is 372 g/mol. The van der Waals surface area contributed by atoms with Crippen LogP contribution >= 0.6 is 11.6 Å². The lowest BCUT2D eigenvalue weighted by Crippen LogP contribution is -2.13. The number of halogens is 1. The second kappa shape index (κ2) is 8.68. The summed E-state index contributed by atoms with van der Waals surface area (Å²) in [5.41, 5.74) is 9.42. The summed E-state index contributed by atoms with van der Waals surface area (Å²) < 4.78 is 5.31. The molecule has 0 atom stereocenters. The highest BCUT2D eigenvalue weighted by atomic mass is 35.5. The summed E-state index contributed by atoms with van der Waals surface area (Å²) in [5, 5.41) is 0.583. The standard InChI is InChI=1S/C21H22ClNO3/c1-13(2)18(12-21(23)25)19-11-17(26-3)9-6-15(19)10-20(24)14-4-7-16(22)8-5-14/h4-9,11H,10,12H2,1-3H3,(H2,23,25). The molecule has 0 aromatic heterocycles. The van der Waals surface area contributed by atoms with Crippen LogP contribution in [-0.2, 0) is 11.2 Å². The maximum Gasteiger partial charge on any atom is 0.221 e. The molecule has 2 rings (SSSR count). The zero-order chi connectivity index (χ0) is 19.3. The minimum absolute atomic E-state index is 0.0275. The van der Waals surface area contributed by atoms with Crippen LogP contribution in [0.2, 0.25) is 5.02 Å². The minimum Gasteiger partial charge on any atom is -0.497 e. The molecule has 4 nitrogen and oxygen atoms in total. The van der Waals surface area contributed by atoms with Crippen LogP contribution in [0.15, 0.2) is 48.0 Å². The SMILES string of the molecule is COc1ccc(CC(=O)c2ccc(Cl)cc2)c(C(CC(N)=O)=C(C)C)c1. The lowest BCUT2D eigenvalue weighted by molar-refractivity contribution is -0.117. The summed E-state index contributed by atoms with van der Waals surface area (Å²) in [6.07, 6.45) is 0.314. The Bertz CT molecular complexity index is 850. The second-order valence-corrected chi connectivity index (χ2v) is 6.69. The summed E-state index contributed by atoms with van der Waals surface area (Å²) in [7, 11) is 1.58. The van der Waals surface area contributed by atoms with Gasteiger partial charge in [-0.15, -0.1) is 0 Å². The van der Waals surface area contributed by atoms with Gasteiger partial charge in [-0.2, -0.15) is 0 Å². The van der Waals surface area contributed by atoms with Gasteiger partial charge < -0.3 is 10.5 Å². The number of hydrogen-bond acceptors (Lipinski definition) is 3. The molecular formula is C21H22ClNO3. The molecule has 0 aliphatic carbocycles. The van der Waals surface area contributed by atoms with E-state index in [1.807, 2.05) is 26.0 Å². The van der Waals surface area contributed by atoms with Crippen molar-refractivity contribution in [3.63, 3.8) is 0 Å². The number of amides is 1. The molecule has 0 aliphatic heterocycles. The molecule has 0 spiro atoms. The van der Waals surface area contributed by atoms with Crippen LogP contribution < -0.4 is 10.5 Å². The number of allylic oxidation sites excluding steroid dienone is 1. The van der Waals surface area contributed by atoms with E-state index < -0.39 is 5.91 Å². The van der Waals surface area contributed by atoms with Crippen molar-refractivity contribution in [3.05, 3.63) is 69.8 Å². The molecule has 0 aliphatic rings. The summed E-state index contributed by atoms with van der Waals surface area (Å²) in [6.45, 7) is 3.84. The topological polar surface area (TPSA) is 69.4 Å². The molecule has 0 fully saturated rings. The van der Waals surface area contributed by atoms with Crippen LogP contribution in [0, 0.1) is 0 Å². The predicted molar refractivity (Wildman–Crippen MR) is 105 cm³/mol. The highest BCUT2D eigenvalue weighted by molar-refractivity contribution is 6.30. The molecule has 0 unspecified atom stereocenters. The number of nitrogens with two attached hydrogens (primary N) is 1. The van der Waals surface area contributed by atoms with Gasteiger partial charge in [-0.25, -0.2) is 0 Å². The van der Waals surface area contributed by atoms with Crippen LogP contribution in [0.25, 0.3) is 5.57 Å². The monoisotopic (exact) mass is 371 g/mol. The molecule has 0 bridgehead atoms. The number of primary amides is 1. The van der Waals surface area contributed by atoms with Gasteiger partial charge in [-0.1, -0.05) is 23.2 Å². The summed E-state index contributed by atoms with van der Waals surface area (Å²) in [5.74, 6) is 0.213. The van der Waals surface area contributed by atoms with E-state index in [0.29, 0.717) is 16.3 Å². The third-order valence-electron chi connectivity index (χ3n) is 4.11. The van der Waals surface area contributed by atoms with Crippen LogP contribution in [0.3, 0.4) is 0 Å². The first-order valence-electron chi connectivity index (χ1n) is 8.22. The van der Waals surface area contributed by atoms with E-state index in [4.69, 9.17) is 22.1 Å². The van der Waals surface area contributed by atoms with Crippen molar-refractivity contribution in [2.75, 3.05) is 7.11 Å². The molecule has 0 heterocycles. The molecule has 2 aromatic carbocycles. The zero-order valence-corrected chi connectivity index (χ0v) is 15.9. The smallest absolute Gasteiger partial charge is 0.221 e. The van der Waals surface area contributed by atoms with Crippen molar-refractivity contribution in [2.24, 2.45) is 5.73 Å². The van der Waals surface area contributed by atoms with Gasteiger partial charge >= 0.3 is 0 Å². The Morgan fingerprint density at radius 1 is 1.08 bits per heavy atom. The van der Waals surface area contributed by atoms with Gasteiger partial charge in [0.15, 0.2) is 5.78 Å². The van der Waals surface area contributed by atoms with E-state index in [9.17, 15) is 9.59 Å². The van der Waals surface area contributed by atoms with Crippen LogP contribution in [0.4, 0.5) is 0 Å². The average Bonchev–Trinajstić information content (AvgIpc) is 2.60. The van der Waals surface area contributed by atoms with Crippen molar-refractivity contribution in [3.8, 4) is 5.75 Å². The van der Waals surface area contributed by atoms with Crippen molar-refractivity contribution in [1.29, 1.82) is 0 Å². The normalized spacial score (nSPS) is 10.3. The second-order valence-electron chi connectivity index (χ2n) is 6.25. The first kappa shape index (κ1) is 19.7. The van der Waals surface area contributed by atoms with Crippen molar-refractivity contribution in [2.45, 2.75) is 26.7 Å². The molecule has 0 saturated carbocycles. The maximum absolute atomic E-state index is 12.7. The number of ketones is 1. The minimum atomic E-state index is -0.418. The van der Waals surface area contributed by atoms with Gasteiger partial charge in [0, 0.05) is 17.0 Å². The number of Topliss-reactive ketones (excluding diaryl/α,β-unsaturated/α-hetero) is 1. The van der Waals surface area contributed by atoms with E-state index >= 15 is 0 Å². The molecule has 26 heavy (non-hydrogen) atoms. The number of carbonyl (C=O) groups excluding carboxylic acids is 2. The summed E-state index contributed by atoms with van der Waals surface area (Å²) in [4.78, 5) is 24.2. The van der Waals surface area contributed by atoms with Gasteiger partial charge in [0.2, 0.25) is 5.91 Å². The quantitative estimate of drug-likeness (QED) is 0.731. The van der Waals surface area contributed by atoms with E-state index in [2.05, 4.69) is 0 Å². The molecule has 0 saturated heterocycles. The Morgan fingerprint density at radius 2 is 1.73 bits per heavy atom. The number of carbonyl (C=O) groups is 2. The first-order chi connectivity index (χ1) is 12.3. The molecular weight excluding hydrogens is 350 g/mol. The van der Waals surface area contributed by atoms with E-state index in [1.54, 1.807) is 37.4 Å². The Balaban J connectivity index is 2.44. The van der Waals surface area contributed by atoms with Gasteiger partial charge in [-0.3, -0.25) is 9.59 Å². The Morgan fingerprint density at radius 3 is 2.27 bits per heavy atom. The summed E-state index contributed by atoms with van der Waals surface area (Å²) in [6, 6.07) is 12.3. The summed E-state index contributed by atoms with van der Waals surface area (Å²) >= 11 is 5.88. The lowest BCUT2D eigenvalue weighted by Gasteiger charge is -2.15. The van der Waals surface area contributed by atoms with Crippen molar-refractivity contribution < 1.29 is 14.3 Å². The highest BCUT2D eigenvalue weighted by Crippen LogP contribution is 2.30. The highest BCUT2D eigenvalue weighted by Gasteiger charge is 2.16. The fraction of sp³-hybridized carbons (Fsp3) is 0.238. The number of rotatable bonds is 7. The lowest BCUT2D eigenvalue weighted by atomic mass is 9.90. The van der Waals surface area contributed by atoms with Gasteiger partial charge in [0.1, 0.15) is 5.75 Å². The van der Waals surface area contributed by atoms with E-state index in [0.717, 1.165) is 22.3 Å². The maximum atomic E-state index is 12.7. The Kier molecular flexibility index (Phi) is 6.58. The largest absolute Gasteiger partial charge is 0.497 e. The van der Waals surface area contributed by atoms with Crippen LogP contribution in [0.1, 0.15) is 41.8 Å². The molecule has 2 aromatic rings. The predicted octanol–water partition coefficient (Wildman–Crippen LogP) is 4.44. The molecule has 2 N–H and O–H groups in total. The van der Waals surface area contributed by atoms with Crippen LogP contribution in [-0.4, -0.2) is 18.8 Å². The molecule has 1 amide bonds. The third kappa shape index (κ3) is 4.96. The third-order valence-corrected chi connectivity index (χ3v) is 4.37. The molecule has 0 radical (unpaired) electrons. The van der Waals surface area contributed by atoms with Gasteiger partial charge in [-0.05, 0) is 66.9 Å². The number of benzene rings is 2. The van der Waals surface area contributed by atoms with Crippen molar-refractivity contribution in [1.82, 2.24) is 0 Å². The molecule has 136 valence electrons. The Hall–Kier alpha value is -2.59. The van der Waals surface area contributed by atoms with E-state index in [-0.39, 0.29) is 18.6 Å². The Labute approximate surface area is 158 Å². The first-order valence-corrected chi connectivity index (χ1v) is 8.60. The van der Waals surface area contributed by atoms with E-state index in [1.165, 1.54) is 0 Å². The fourth-order valence-electron chi connectivity index (χ4n) is 2.74. The number of methoxy groups -OCH3 is 1. The fourth-order valence-corrected chi connectivity index (χ4v) is 2.87.